The first-order valence-corrected chi connectivity index (χ1v) is 13.7. The fraction of sp³-hybridized carbons (Fsp3) is 0.542. The SMILES string of the molecule is Cc1cc(NS(=O)(=O)c2ccc(NC(=O)CC34C[C@H]5C[C@@H](CC(Br)(C5)C3)C4)cc2)nc(C)n1. The van der Waals surface area contributed by atoms with Crippen molar-refractivity contribution in [2.45, 2.75) is 68.0 Å². The molecule has 0 unspecified atom stereocenters. The van der Waals surface area contributed by atoms with Gasteiger partial charge in [0.15, 0.2) is 0 Å². The fourth-order valence-electron chi connectivity index (χ4n) is 6.77. The standard InChI is InChI=1S/C24H29BrN4O3S/c1-15-7-21(27-16(2)26-15)29-33(31,32)20-5-3-19(4-6-20)28-22(30)13-23-9-17-8-18(10-23)12-24(25,11-17)14-23/h3-7,17-18H,8-14H2,1-2H3,(H,28,30)(H,26,27,29)/t17-,18-,23?,24?/m1/s1. The number of nitrogens with zero attached hydrogens (tertiary/aromatic N) is 2. The molecule has 4 aliphatic rings. The zero-order chi connectivity index (χ0) is 23.4. The van der Waals surface area contributed by atoms with E-state index in [1.165, 1.54) is 31.4 Å². The maximum absolute atomic E-state index is 12.9. The van der Waals surface area contributed by atoms with Crippen molar-refractivity contribution in [1.82, 2.24) is 9.97 Å². The highest BCUT2D eigenvalue weighted by molar-refractivity contribution is 9.10. The summed E-state index contributed by atoms with van der Waals surface area (Å²) in [6, 6.07) is 7.85. The minimum atomic E-state index is -3.79. The van der Waals surface area contributed by atoms with Crippen LogP contribution < -0.4 is 10.0 Å². The molecular weight excluding hydrogens is 504 g/mol. The molecule has 2 atom stereocenters. The van der Waals surface area contributed by atoms with Crippen LogP contribution in [0, 0.1) is 31.1 Å². The molecule has 33 heavy (non-hydrogen) atoms. The van der Waals surface area contributed by atoms with Crippen LogP contribution in [0.2, 0.25) is 0 Å². The van der Waals surface area contributed by atoms with Crippen LogP contribution in [0.5, 0.6) is 0 Å². The Labute approximate surface area is 203 Å². The maximum atomic E-state index is 12.9. The van der Waals surface area contributed by atoms with Crippen LogP contribution >= 0.6 is 15.9 Å². The number of sulfonamides is 1. The first-order chi connectivity index (χ1) is 15.5. The molecule has 0 saturated heterocycles. The first kappa shape index (κ1) is 22.8. The topological polar surface area (TPSA) is 101 Å². The smallest absolute Gasteiger partial charge is 0.263 e. The van der Waals surface area contributed by atoms with Crippen molar-refractivity contribution >= 4 is 43.4 Å². The molecule has 4 aliphatic carbocycles. The van der Waals surface area contributed by atoms with Gasteiger partial charge in [-0.25, -0.2) is 18.4 Å². The highest BCUT2D eigenvalue weighted by Crippen LogP contribution is 2.65. The van der Waals surface area contributed by atoms with Crippen LogP contribution in [0.1, 0.15) is 56.5 Å². The molecule has 9 heteroatoms. The number of carbonyl (C=O) groups is 1. The van der Waals surface area contributed by atoms with Gasteiger partial charge in [0.05, 0.1) is 4.90 Å². The summed E-state index contributed by atoms with van der Waals surface area (Å²) in [5.41, 5.74) is 1.38. The van der Waals surface area contributed by atoms with Gasteiger partial charge in [-0.3, -0.25) is 9.52 Å². The minimum Gasteiger partial charge on any atom is -0.326 e. The first-order valence-electron chi connectivity index (χ1n) is 11.5. The van der Waals surface area contributed by atoms with Gasteiger partial charge >= 0.3 is 0 Å². The Hall–Kier alpha value is -2.00. The number of hydrogen-bond donors (Lipinski definition) is 2. The van der Waals surface area contributed by atoms with Crippen molar-refractivity contribution in [3.63, 3.8) is 0 Å². The predicted molar refractivity (Wildman–Crippen MR) is 131 cm³/mol. The number of anilines is 2. The van der Waals surface area contributed by atoms with Crippen molar-refractivity contribution < 1.29 is 13.2 Å². The molecule has 176 valence electrons. The van der Waals surface area contributed by atoms with Crippen molar-refractivity contribution in [2.75, 3.05) is 10.0 Å². The van der Waals surface area contributed by atoms with E-state index in [4.69, 9.17) is 0 Å². The van der Waals surface area contributed by atoms with Gasteiger partial charge in [0.1, 0.15) is 11.6 Å². The molecule has 1 amide bonds. The lowest BCUT2D eigenvalue weighted by molar-refractivity contribution is -0.123. The number of hydrogen-bond acceptors (Lipinski definition) is 5. The molecule has 1 aromatic heterocycles. The van der Waals surface area contributed by atoms with Crippen molar-refractivity contribution in [3.05, 3.63) is 41.9 Å². The molecule has 1 aromatic carbocycles. The summed E-state index contributed by atoms with van der Waals surface area (Å²) >= 11 is 4.00. The zero-order valence-electron chi connectivity index (χ0n) is 18.9. The van der Waals surface area contributed by atoms with Crippen LogP contribution in [0.3, 0.4) is 0 Å². The van der Waals surface area contributed by atoms with Gasteiger partial charge in [0, 0.05) is 28.2 Å². The largest absolute Gasteiger partial charge is 0.326 e. The summed E-state index contributed by atoms with van der Waals surface area (Å²) in [5.74, 6) is 2.21. The van der Waals surface area contributed by atoms with E-state index >= 15 is 0 Å². The molecular formula is C24H29BrN4O3S. The molecule has 4 saturated carbocycles. The van der Waals surface area contributed by atoms with Crippen molar-refractivity contribution in [2.24, 2.45) is 17.3 Å². The average Bonchev–Trinajstić information content (AvgIpc) is 2.64. The second-order valence-electron chi connectivity index (χ2n) is 10.4. The van der Waals surface area contributed by atoms with Crippen LogP contribution in [-0.4, -0.2) is 28.6 Å². The van der Waals surface area contributed by atoms with E-state index in [2.05, 4.69) is 35.9 Å². The van der Waals surface area contributed by atoms with E-state index in [-0.39, 0.29) is 26.4 Å². The predicted octanol–water partition coefficient (Wildman–Crippen LogP) is 4.96. The Morgan fingerprint density at radius 2 is 1.76 bits per heavy atom. The Kier molecular flexibility index (Phi) is 5.55. The molecule has 0 aliphatic heterocycles. The number of nitrogens with one attached hydrogen (secondary N) is 2. The Morgan fingerprint density at radius 1 is 1.09 bits per heavy atom. The molecule has 6 rings (SSSR count). The number of carbonyl (C=O) groups excluding carboxylic acids is 1. The van der Waals surface area contributed by atoms with Gasteiger partial charge in [-0.15, -0.1) is 0 Å². The quantitative estimate of drug-likeness (QED) is 0.512. The lowest BCUT2D eigenvalue weighted by Crippen LogP contribution is -2.53. The van der Waals surface area contributed by atoms with E-state index in [0.717, 1.165) is 31.1 Å². The molecule has 1 heterocycles. The number of benzene rings is 1. The number of alkyl halides is 1. The summed E-state index contributed by atoms with van der Waals surface area (Å²) in [5, 5.41) is 2.98. The van der Waals surface area contributed by atoms with Gasteiger partial charge in [-0.05, 0) is 93.9 Å². The lowest BCUT2D eigenvalue weighted by Gasteiger charge is -2.60. The summed E-state index contributed by atoms with van der Waals surface area (Å²) in [7, 11) is -3.79. The zero-order valence-corrected chi connectivity index (χ0v) is 21.3. The molecule has 4 bridgehead atoms. The third-order valence-corrected chi connectivity index (χ3v) is 9.60. The van der Waals surface area contributed by atoms with Gasteiger partial charge < -0.3 is 5.32 Å². The van der Waals surface area contributed by atoms with Crippen LogP contribution in [-0.2, 0) is 14.8 Å². The summed E-state index contributed by atoms with van der Waals surface area (Å²) in [6.45, 7) is 3.49. The van der Waals surface area contributed by atoms with E-state index in [1.54, 1.807) is 32.0 Å². The highest BCUT2D eigenvalue weighted by Gasteiger charge is 2.57. The third kappa shape index (κ3) is 4.80. The minimum absolute atomic E-state index is 0.00807. The number of aromatic nitrogens is 2. The Morgan fingerprint density at radius 3 is 2.36 bits per heavy atom. The lowest BCUT2D eigenvalue weighted by atomic mass is 9.48. The van der Waals surface area contributed by atoms with E-state index in [1.807, 2.05) is 0 Å². The fourth-order valence-corrected chi connectivity index (χ4v) is 9.27. The number of aryl methyl sites for hydroxylation is 2. The van der Waals surface area contributed by atoms with Crippen molar-refractivity contribution in [1.29, 1.82) is 0 Å². The Bertz CT molecular complexity index is 1160. The van der Waals surface area contributed by atoms with Gasteiger partial charge in [0.25, 0.3) is 10.0 Å². The molecule has 0 radical (unpaired) electrons. The second-order valence-corrected chi connectivity index (χ2v) is 13.8. The maximum Gasteiger partial charge on any atom is 0.263 e. The van der Waals surface area contributed by atoms with Crippen LogP contribution in [0.25, 0.3) is 0 Å². The summed E-state index contributed by atoms with van der Waals surface area (Å²) in [4.78, 5) is 21.3. The average molecular weight is 533 g/mol. The van der Waals surface area contributed by atoms with Crippen LogP contribution in [0.15, 0.2) is 35.2 Å². The highest BCUT2D eigenvalue weighted by atomic mass is 79.9. The van der Waals surface area contributed by atoms with Gasteiger partial charge in [0.2, 0.25) is 5.91 Å². The van der Waals surface area contributed by atoms with Gasteiger partial charge in [-0.1, -0.05) is 15.9 Å². The second kappa shape index (κ2) is 8.05. The van der Waals surface area contributed by atoms with E-state index in [9.17, 15) is 13.2 Å². The Balaban J connectivity index is 1.24. The number of amides is 1. The van der Waals surface area contributed by atoms with Crippen molar-refractivity contribution in [3.8, 4) is 0 Å². The summed E-state index contributed by atoms with van der Waals surface area (Å²) < 4.78 is 28.2. The molecule has 7 nitrogen and oxygen atoms in total. The number of rotatable bonds is 6. The molecule has 2 N–H and O–H groups in total. The van der Waals surface area contributed by atoms with E-state index in [0.29, 0.717) is 23.6 Å². The molecule has 2 aromatic rings. The third-order valence-electron chi connectivity index (χ3n) is 7.30. The molecule has 0 spiro atoms. The van der Waals surface area contributed by atoms with Crippen LogP contribution in [0.4, 0.5) is 11.5 Å². The monoisotopic (exact) mass is 532 g/mol. The summed E-state index contributed by atoms with van der Waals surface area (Å²) in [6.07, 6.45) is 7.70. The normalized spacial score (nSPS) is 30.3. The molecule has 4 fully saturated rings. The van der Waals surface area contributed by atoms with E-state index < -0.39 is 10.0 Å². The number of halogens is 1. The van der Waals surface area contributed by atoms with Gasteiger partial charge in [-0.2, -0.15) is 0 Å².